The standard InChI is InChI=1S/C14H19NO3S/c1-11(7-14(17)18)8-15-13(16)10-19-9-12-5-3-2-4-6-12/h2-6,11H,7-10H2,1H3,(H,15,16)(H,17,18). The van der Waals surface area contributed by atoms with Crippen LogP contribution in [0, 0.1) is 5.92 Å². The van der Waals surface area contributed by atoms with Crippen molar-refractivity contribution in [2.45, 2.75) is 19.1 Å². The van der Waals surface area contributed by atoms with Crippen LogP contribution in [-0.2, 0) is 15.3 Å². The number of amides is 1. The molecule has 0 fully saturated rings. The number of carbonyl (C=O) groups is 2. The zero-order chi connectivity index (χ0) is 14.1. The SMILES string of the molecule is CC(CNC(=O)CSCc1ccccc1)CC(=O)O. The maximum Gasteiger partial charge on any atom is 0.303 e. The van der Waals surface area contributed by atoms with Crippen molar-refractivity contribution in [3.05, 3.63) is 35.9 Å². The Morgan fingerprint density at radius 2 is 2.00 bits per heavy atom. The highest BCUT2D eigenvalue weighted by Gasteiger charge is 2.09. The molecule has 1 atom stereocenters. The minimum atomic E-state index is -0.833. The molecule has 1 aromatic carbocycles. The fourth-order valence-corrected chi connectivity index (χ4v) is 2.36. The van der Waals surface area contributed by atoms with Crippen LogP contribution in [0.3, 0.4) is 0 Å². The highest BCUT2D eigenvalue weighted by molar-refractivity contribution is 7.99. The molecule has 0 heterocycles. The van der Waals surface area contributed by atoms with Crippen LogP contribution < -0.4 is 5.32 Å². The molecule has 1 amide bonds. The van der Waals surface area contributed by atoms with Gasteiger partial charge in [-0.15, -0.1) is 11.8 Å². The Bertz CT molecular complexity index is 408. The van der Waals surface area contributed by atoms with Gasteiger partial charge in [0.2, 0.25) is 5.91 Å². The number of hydrogen-bond acceptors (Lipinski definition) is 3. The summed E-state index contributed by atoms with van der Waals surface area (Å²) in [5.74, 6) is 0.284. The van der Waals surface area contributed by atoms with Gasteiger partial charge in [0.1, 0.15) is 0 Å². The predicted octanol–water partition coefficient (Wildman–Crippen LogP) is 2.15. The van der Waals surface area contributed by atoms with E-state index in [0.29, 0.717) is 12.3 Å². The van der Waals surface area contributed by atoms with Crippen LogP contribution in [0.15, 0.2) is 30.3 Å². The second-order valence-electron chi connectivity index (χ2n) is 4.49. The quantitative estimate of drug-likeness (QED) is 0.766. The Hall–Kier alpha value is -1.49. The molecule has 4 nitrogen and oxygen atoms in total. The van der Waals surface area contributed by atoms with Gasteiger partial charge in [-0.2, -0.15) is 0 Å². The molecule has 0 saturated carbocycles. The highest BCUT2D eigenvalue weighted by Crippen LogP contribution is 2.11. The molecule has 5 heteroatoms. The molecule has 0 aliphatic carbocycles. The van der Waals surface area contributed by atoms with E-state index in [9.17, 15) is 9.59 Å². The maximum absolute atomic E-state index is 11.5. The van der Waals surface area contributed by atoms with Gasteiger partial charge in [0, 0.05) is 18.7 Å². The second-order valence-corrected chi connectivity index (χ2v) is 5.47. The van der Waals surface area contributed by atoms with E-state index in [0.717, 1.165) is 5.75 Å². The van der Waals surface area contributed by atoms with Crippen molar-refractivity contribution >= 4 is 23.6 Å². The molecule has 0 aliphatic rings. The second kappa shape index (κ2) is 8.58. The van der Waals surface area contributed by atoms with E-state index in [4.69, 9.17) is 5.11 Å². The summed E-state index contributed by atoms with van der Waals surface area (Å²) in [6, 6.07) is 9.97. The summed E-state index contributed by atoms with van der Waals surface area (Å²) >= 11 is 1.55. The molecule has 104 valence electrons. The molecule has 1 aromatic rings. The molecule has 1 rings (SSSR count). The molecule has 0 aromatic heterocycles. The third-order valence-corrected chi connectivity index (χ3v) is 3.52. The molecule has 0 aliphatic heterocycles. The van der Waals surface area contributed by atoms with E-state index >= 15 is 0 Å². The Morgan fingerprint density at radius 3 is 2.63 bits per heavy atom. The average molecular weight is 281 g/mol. The first-order valence-corrected chi connectivity index (χ1v) is 7.33. The van der Waals surface area contributed by atoms with Crippen molar-refractivity contribution < 1.29 is 14.7 Å². The summed E-state index contributed by atoms with van der Waals surface area (Å²) in [7, 11) is 0. The van der Waals surface area contributed by atoms with E-state index in [2.05, 4.69) is 5.32 Å². The van der Waals surface area contributed by atoms with Gasteiger partial charge < -0.3 is 10.4 Å². The fourth-order valence-electron chi connectivity index (χ4n) is 1.55. The number of nitrogens with one attached hydrogen (secondary N) is 1. The van der Waals surface area contributed by atoms with Gasteiger partial charge in [-0.1, -0.05) is 37.3 Å². The summed E-state index contributed by atoms with van der Waals surface area (Å²) in [4.78, 5) is 22.0. The van der Waals surface area contributed by atoms with E-state index in [1.165, 1.54) is 5.56 Å². The van der Waals surface area contributed by atoms with Crippen molar-refractivity contribution in [1.82, 2.24) is 5.32 Å². The van der Waals surface area contributed by atoms with Crippen molar-refractivity contribution in [1.29, 1.82) is 0 Å². The zero-order valence-corrected chi connectivity index (χ0v) is 11.8. The van der Waals surface area contributed by atoms with Crippen LogP contribution in [0.25, 0.3) is 0 Å². The Balaban J connectivity index is 2.13. The van der Waals surface area contributed by atoms with Crippen molar-refractivity contribution in [3.63, 3.8) is 0 Å². The van der Waals surface area contributed by atoms with Crippen LogP contribution in [0.5, 0.6) is 0 Å². The number of thioether (sulfide) groups is 1. The topological polar surface area (TPSA) is 66.4 Å². The first kappa shape index (κ1) is 15.6. The van der Waals surface area contributed by atoms with Crippen LogP contribution >= 0.6 is 11.8 Å². The molecule has 0 spiro atoms. The number of rotatable bonds is 8. The predicted molar refractivity (Wildman–Crippen MR) is 77.0 cm³/mol. The monoisotopic (exact) mass is 281 g/mol. The first-order chi connectivity index (χ1) is 9.08. The van der Waals surface area contributed by atoms with E-state index in [-0.39, 0.29) is 18.2 Å². The smallest absolute Gasteiger partial charge is 0.303 e. The van der Waals surface area contributed by atoms with E-state index < -0.39 is 5.97 Å². The lowest BCUT2D eigenvalue weighted by atomic mass is 10.1. The van der Waals surface area contributed by atoms with Gasteiger partial charge in [0.05, 0.1) is 5.75 Å². The molecular formula is C14H19NO3S. The molecule has 2 N–H and O–H groups in total. The van der Waals surface area contributed by atoms with Crippen LogP contribution in [0.4, 0.5) is 0 Å². The third kappa shape index (κ3) is 7.51. The molecular weight excluding hydrogens is 262 g/mol. The van der Waals surface area contributed by atoms with E-state index in [1.807, 2.05) is 37.3 Å². The third-order valence-electron chi connectivity index (χ3n) is 2.52. The number of carboxylic acid groups (broad SMARTS) is 1. The average Bonchev–Trinajstić information content (AvgIpc) is 2.37. The number of aliphatic carboxylic acids is 1. The molecule has 1 unspecified atom stereocenters. The fraction of sp³-hybridized carbons (Fsp3) is 0.429. The van der Waals surface area contributed by atoms with Gasteiger partial charge >= 0.3 is 5.97 Å². The Labute approximate surface area is 117 Å². The molecule has 0 saturated heterocycles. The van der Waals surface area contributed by atoms with Gasteiger partial charge in [0.15, 0.2) is 0 Å². The number of benzene rings is 1. The first-order valence-electron chi connectivity index (χ1n) is 6.18. The molecule has 0 bridgehead atoms. The van der Waals surface area contributed by atoms with E-state index in [1.54, 1.807) is 11.8 Å². The van der Waals surface area contributed by atoms with Gasteiger partial charge in [-0.3, -0.25) is 9.59 Å². The molecule has 19 heavy (non-hydrogen) atoms. The van der Waals surface area contributed by atoms with Crippen molar-refractivity contribution in [3.8, 4) is 0 Å². The van der Waals surface area contributed by atoms with Crippen LogP contribution in [0.2, 0.25) is 0 Å². The van der Waals surface area contributed by atoms with Crippen molar-refractivity contribution in [2.24, 2.45) is 5.92 Å². The number of carboxylic acids is 1. The summed E-state index contributed by atoms with van der Waals surface area (Å²) in [6.07, 6.45) is 0.0808. The minimum Gasteiger partial charge on any atom is -0.481 e. The lowest BCUT2D eigenvalue weighted by Crippen LogP contribution is -2.30. The van der Waals surface area contributed by atoms with Crippen LogP contribution in [0.1, 0.15) is 18.9 Å². The largest absolute Gasteiger partial charge is 0.481 e. The Kier molecular flexibility index (Phi) is 7.03. The number of carbonyl (C=O) groups excluding carboxylic acids is 1. The lowest BCUT2D eigenvalue weighted by Gasteiger charge is -2.10. The lowest BCUT2D eigenvalue weighted by molar-refractivity contribution is -0.138. The van der Waals surface area contributed by atoms with Gasteiger partial charge in [-0.05, 0) is 11.5 Å². The maximum atomic E-state index is 11.5. The normalized spacial score (nSPS) is 11.8. The van der Waals surface area contributed by atoms with Gasteiger partial charge in [-0.25, -0.2) is 0 Å². The summed E-state index contributed by atoms with van der Waals surface area (Å²) in [5, 5.41) is 11.4. The summed E-state index contributed by atoms with van der Waals surface area (Å²) < 4.78 is 0. The van der Waals surface area contributed by atoms with Crippen molar-refractivity contribution in [2.75, 3.05) is 12.3 Å². The molecule has 0 radical (unpaired) electrons. The zero-order valence-electron chi connectivity index (χ0n) is 11.0. The van der Waals surface area contributed by atoms with Crippen LogP contribution in [-0.4, -0.2) is 29.3 Å². The Morgan fingerprint density at radius 1 is 1.32 bits per heavy atom. The van der Waals surface area contributed by atoms with Gasteiger partial charge in [0.25, 0.3) is 0 Å². The highest BCUT2D eigenvalue weighted by atomic mass is 32.2. The summed E-state index contributed by atoms with van der Waals surface area (Å²) in [6.45, 7) is 2.22. The summed E-state index contributed by atoms with van der Waals surface area (Å²) in [5.41, 5.74) is 1.19. The minimum absolute atomic E-state index is 0.0411. The number of hydrogen-bond donors (Lipinski definition) is 2.